The number of rotatable bonds is 5. The van der Waals surface area contributed by atoms with Crippen LogP contribution in [-0.4, -0.2) is 35.3 Å². The number of carbonyl (C=O) groups is 4. The first-order chi connectivity index (χ1) is 13.8. The van der Waals surface area contributed by atoms with Crippen LogP contribution >= 0.6 is 0 Å². The summed E-state index contributed by atoms with van der Waals surface area (Å²) < 4.78 is 5.05. The molecule has 1 aliphatic heterocycles. The van der Waals surface area contributed by atoms with E-state index < -0.39 is 36.0 Å². The molecule has 1 unspecified atom stereocenters. The maximum atomic E-state index is 12.8. The number of hydrogen-bond acceptors (Lipinski definition) is 6. The number of urea groups is 2. The molecule has 29 heavy (non-hydrogen) atoms. The summed E-state index contributed by atoms with van der Waals surface area (Å²) >= 11 is 0. The summed E-state index contributed by atoms with van der Waals surface area (Å²) in [6, 6.07) is 9.97. The van der Waals surface area contributed by atoms with Crippen molar-refractivity contribution in [3.63, 3.8) is 0 Å². The van der Waals surface area contributed by atoms with Gasteiger partial charge in [0.15, 0.2) is 0 Å². The largest absolute Gasteiger partial charge is 0.467 e. The highest BCUT2D eigenvalue weighted by molar-refractivity contribution is 6.10. The number of benzene rings is 1. The minimum atomic E-state index is -1.42. The lowest BCUT2D eigenvalue weighted by molar-refractivity contribution is -0.134. The van der Waals surface area contributed by atoms with Crippen LogP contribution in [0.5, 0.6) is 0 Å². The molecule has 148 valence electrons. The van der Waals surface area contributed by atoms with Crippen molar-refractivity contribution < 1.29 is 23.6 Å². The maximum absolute atomic E-state index is 12.8. The topological polar surface area (TPSA) is 145 Å². The highest BCUT2D eigenvalue weighted by atomic mass is 16.3. The number of nitrogens with zero attached hydrogens (tertiary/aromatic N) is 2. The molecule has 3 N–H and O–H groups in total. The van der Waals surface area contributed by atoms with Crippen LogP contribution in [-0.2, 0) is 21.7 Å². The molecule has 0 spiro atoms. The molecular formula is C19H17N5O5. The minimum Gasteiger partial charge on any atom is -0.467 e. The molecule has 10 nitrogen and oxygen atoms in total. The molecule has 1 saturated heterocycles. The second-order valence-corrected chi connectivity index (χ2v) is 6.45. The zero-order chi connectivity index (χ0) is 21.0. The van der Waals surface area contributed by atoms with Gasteiger partial charge < -0.3 is 15.1 Å². The molecule has 1 fully saturated rings. The molecule has 3 rings (SSSR count). The molecule has 0 radical (unpaired) electrons. The van der Waals surface area contributed by atoms with Crippen LogP contribution in [0.2, 0.25) is 0 Å². The van der Waals surface area contributed by atoms with Crippen LogP contribution in [0.25, 0.3) is 0 Å². The van der Waals surface area contributed by atoms with Gasteiger partial charge in [-0.3, -0.25) is 19.8 Å². The lowest BCUT2D eigenvalue weighted by Gasteiger charge is -2.22. The molecule has 1 aliphatic rings. The highest BCUT2D eigenvalue weighted by Crippen LogP contribution is 2.29. The second kappa shape index (κ2) is 7.85. The Hall–Kier alpha value is -4.13. The van der Waals surface area contributed by atoms with E-state index in [1.54, 1.807) is 30.3 Å². The summed E-state index contributed by atoms with van der Waals surface area (Å²) in [4.78, 5) is 49.7. The highest BCUT2D eigenvalue weighted by Gasteiger charge is 2.49. The Morgan fingerprint density at radius 3 is 2.76 bits per heavy atom. The van der Waals surface area contributed by atoms with E-state index in [0.29, 0.717) is 21.8 Å². The number of imide groups is 2. The summed E-state index contributed by atoms with van der Waals surface area (Å²) in [5, 5.41) is 16.0. The van der Waals surface area contributed by atoms with Crippen molar-refractivity contribution in [2.45, 2.75) is 19.0 Å². The van der Waals surface area contributed by atoms with E-state index in [1.807, 2.05) is 11.4 Å². The number of amides is 6. The Kier molecular flexibility index (Phi) is 5.32. The van der Waals surface area contributed by atoms with Crippen molar-refractivity contribution in [3.8, 4) is 6.07 Å². The molecule has 0 saturated carbocycles. The average Bonchev–Trinajstić information content (AvgIpc) is 3.30. The Bertz CT molecular complexity index is 1010. The SMILES string of the molecule is CC1(c2cccc(C#N)c2)NC(=O)N(CC(=O)NC(=O)NCc2ccco2)C1=O. The molecule has 2 aromatic rings. The molecule has 0 bridgehead atoms. The van der Waals surface area contributed by atoms with Gasteiger partial charge in [-0.25, -0.2) is 9.59 Å². The number of nitrogens with one attached hydrogen (secondary N) is 3. The fraction of sp³-hybridized carbons (Fsp3) is 0.211. The Balaban J connectivity index is 1.62. The van der Waals surface area contributed by atoms with Gasteiger partial charge in [0, 0.05) is 0 Å². The third-order valence-corrected chi connectivity index (χ3v) is 4.40. The molecule has 6 amide bonds. The zero-order valence-corrected chi connectivity index (χ0v) is 15.4. The summed E-state index contributed by atoms with van der Waals surface area (Å²) in [6.45, 7) is 0.923. The predicted molar refractivity (Wildman–Crippen MR) is 97.8 cm³/mol. The van der Waals surface area contributed by atoms with Gasteiger partial charge in [0.05, 0.1) is 24.4 Å². The van der Waals surface area contributed by atoms with Gasteiger partial charge in [-0.1, -0.05) is 12.1 Å². The van der Waals surface area contributed by atoms with Crippen molar-refractivity contribution in [1.82, 2.24) is 20.9 Å². The third-order valence-electron chi connectivity index (χ3n) is 4.40. The van der Waals surface area contributed by atoms with E-state index in [1.165, 1.54) is 19.3 Å². The van der Waals surface area contributed by atoms with Gasteiger partial charge in [0.1, 0.15) is 17.8 Å². The minimum absolute atomic E-state index is 0.0720. The number of nitriles is 1. The third kappa shape index (κ3) is 4.08. The lowest BCUT2D eigenvalue weighted by atomic mass is 9.91. The van der Waals surface area contributed by atoms with E-state index in [0.717, 1.165) is 0 Å². The first-order valence-electron chi connectivity index (χ1n) is 8.58. The van der Waals surface area contributed by atoms with E-state index in [-0.39, 0.29) is 6.54 Å². The molecular weight excluding hydrogens is 378 g/mol. The van der Waals surface area contributed by atoms with Gasteiger partial charge in [-0.2, -0.15) is 5.26 Å². The average molecular weight is 395 g/mol. The van der Waals surface area contributed by atoms with Gasteiger partial charge in [-0.05, 0) is 36.8 Å². The molecule has 2 heterocycles. The molecule has 1 atom stereocenters. The van der Waals surface area contributed by atoms with Gasteiger partial charge >= 0.3 is 12.1 Å². The van der Waals surface area contributed by atoms with Gasteiger partial charge in [-0.15, -0.1) is 0 Å². The molecule has 1 aromatic carbocycles. The smallest absolute Gasteiger partial charge is 0.325 e. The number of carbonyl (C=O) groups excluding carboxylic acids is 4. The van der Waals surface area contributed by atoms with Crippen LogP contribution in [0.4, 0.5) is 9.59 Å². The van der Waals surface area contributed by atoms with Gasteiger partial charge in [0.25, 0.3) is 5.91 Å². The van der Waals surface area contributed by atoms with Crippen LogP contribution in [0.1, 0.15) is 23.8 Å². The van der Waals surface area contributed by atoms with Crippen LogP contribution < -0.4 is 16.0 Å². The summed E-state index contributed by atoms with van der Waals surface area (Å²) in [5.41, 5.74) is -0.685. The van der Waals surface area contributed by atoms with Crippen LogP contribution in [0.3, 0.4) is 0 Å². The van der Waals surface area contributed by atoms with E-state index in [9.17, 15) is 19.2 Å². The van der Waals surface area contributed by atoms with E-state index >= 15 is 0 Å². The Labute approximate surface area is 165 Å². The van der Waals surface area contributed by atoms with Crippen LogP contribution in [0, 0.1) is 11.3 Å². The Morgan fingerprint density at radius 1 is 1.28 bits per heavy atom. The predicted octanol–water partition coefficient (Wildman–Crippen LogP) is 0.944. The van der Waals surface area contributed by atoms with Crippen molar-refractivity contribution in [1.29, 1.82) is 5.26 Å². The molecule has 0 aliphatic carbocycles. The summed E-state index contributed by atoms with van der Waals surface area (Å²) in [5.74, 6) is -0.999. The number of furan rings is 1. The zero-order valence-electron chi connectivity index (χ0n) is 15.4. The maximum Gasteiger partial charge on any atom is 0.325 e. The fourth-order valence-corrected chi connectivity index (χ4v) is 2.87. The van der Waals surface area contributed by atoms with E-state index in [4.69, 9.17) is 9.68 Å². The van der Waals surface area contributed by atoms with Crippen LogP contribution in [0.15, 0.2) is 47.1 Å². The van der Waals surface area contributed by atoms with Crippen molar-refractivity contribution in [2.75, 3.05) is 6.54 Å². The quantitative estimate of drug-likeness (QED) is 0.643. The molecule has 1 aromatic heterocycles. The normalized spacial score (nSPS) is 18.1. The Morgan fingerprint density at radius 2 is 2.07 bits per heavy atom. The standard InChI is InChI=1S/C19H17N5O5/c1-19(13-5-2-4-12(8-13)9-20)16(26)24(18(28)23-19)11-15(25)22-17(27)21-10-14-6-3-7-29-14/h2-8H,10-11H2,1H3,(H,23,28)(H2,21,22,25,27). The van der Waals surface area contributed by atoms with Gasteiger partial charge in [0.2, 0.25) is 5.91 Å². The first kappa shape index (κ1) is 19.6. The number of hydrogen-bond donors (Lipinski definition) is 3. The van der Waals surface area contributed by atoms with Crippen molar-refractivity contribution in [2.24, 2.45) is 0 Å². The summed E-state index contributed by atoms with van der Waals surface area (Å²) in [6.07, 6.45) is 1.45. The monoisotopic (exact) mass is 395 g/mol. The fourth-order valence-electron chi connectivity index (χ4n) is 2.87. The van der Waals surface area contributed by atoms with Crippen molar-refractivity contribution >= 4 is 23.9 Å². The second-order valence-electron chi connectivity index (χ2n) is 6.45. The summed E-state index contributed by atoms with van der Waals surface area (Å²) in [7, 11) is 0. The first-order valence-corrected chi connectivity index (χ1v) is 8.58. The van der Waals surface area contributed by atoms with E-state index in [2.05, 4.69) is 10.6 Å². The van der Waals surface area contributed by atoms with Crippen molar-refractivity contribution in [3.05, 3.63) is 59.5 Å². The molecule has 10 heteroatoms. The lowest BCUT2D eigenvalue weighted by Crippen LogP contribution is -2.46.